The molecule has 1 saturated heterocycles. The summed E-state index contributed by atoms with van der Waals surface area (Å²) in [6, 6.07) is 5.53. The number of amides is 1. The van der Waals surface area contributed by atoms with E-state index in [0.29, 0.717) is 18.0 Å². The Balaban J connectivity index is 1.93. The molecule has 1 aliphatic rings. The second-order valence-electron chi connectivity index (χ2n) is 5.25. The van der Waals surface area contributed by atoms with Gasteiger partial charge in [-0.2, -0.15) is 0 Å². The van der Waals surface area contributed by atoms with E-state index < -0.39 is 0 Å². The Kier molecular flexibility index (Phi) is 5.72. The van der Waals surface area contributed by atoms with Crippen LogP contribution in [0.15, 0.2) is 18.2 Å². The van der Waals surface area contributed by atoms with Gasteiger partial charge in [0.1, 0.15) is 11.5 Å². The highest BCUT2D eigenvalue weighted by Gasteiger charge is 2.15. The first-order chi connectivity index (χ1) is 10.2. The SMILES string of the molecule is COc1cc(NCC(=O)N2CCCCCC2)cc(OC)c1. The number of methoxy groups -OCH3 is 2. The van der Waals surface area contributed by atoms with Crippen LogP contribution in [0.1, 0.15) is 25.7 Å². The fourth-order valence-corrected chi connectivity index (χ4v) is 2.52. The Labute approximate surface area is 126 Å². The van der Waals surface area contributed by atoms with E-state index in [1.807, 2.05) is 23.1 Å². The summed E-state index contributed by atoms with van der Waals surface area (Å²) in [7, 11) is 3.22. The summed E-state index contributed by atoms with van der Waals surface area (Å²) in [5, 5.41) is 3.16. The Morgan fingerprint density at radius 2 is 1.62 bits per heavy atom. The van der Waals surface area contributed by atoms with Gasteiger partial charge in [0.05, 0.1) is 20.8 Å². The van der Waals surface area contributed by atoms with Gasteiger partial charge in [-0.3, -0.25) is 4.79 Å². The van der Waals surface area contributed by atoms with Crippen LogP contribution in [0.2, 0.25) is 0 Å². The Morgan fingerprint density at radius 3 is 2.14 bits per heavy atom. The zero-order chi connectivity index (χ0) is 15.1. The molecule has 2 rings (SSSR count). The van der Waals surface area contributed by atoms with E-state index >= 15 is 0 Å². The molecule has 1 aliphatic heterocycles. The second-order valence-corrected chi connectivity index (χ2v) is 5.25. The van der Waals surface area contributed by atoms with Gasteiger partial charge in [0.2, 0.25) is 5.91 Å². The first-order valence-corrected chi connectivity index (χ1v) is 7.47. The smallest absolute Gasteiger partial charge is 0.241 e. The molecule has 1 aromatic rings. The maximum Gasteiger partial charge on any atom is 0.241 e. The molecule has 1 aromatic carbocycles. The molecule has 0 atom stereocenters. The van der Waals surface area contributed by atoms with Crippen LogP contribution in [0.5, 0.6) is 11.5 Å². The average Bonchev–Trinajstić information content (AvgIpc) is 2.81. The molecular weight excluding hydrogens is 268 g/mol. The number of nitrogens with zero attached hydrogens (tertiary/aromatic N) is 1. The fraction of sp³-hybridized carbons (Fsp3) is 0.562. The van der Waals surface area contributed by atoms with E-state index in [4.69, 9.17) is 9.47 Å². The Morgan fingerprint density at radius 1 is 1.05 bits per heavy atom. The molecule has 0 unspecified atom stereocenters. The van der Waals surface area contributed by atoms with Crippen molar-refractivity contribution in [1.82, 2.24) is 4.90 Å². The van der Waals surface area contributed by atoms with Crippen LogP contribution in [0.3, 0.4) is 0 Å². The molecule has 21 heavy (non-hydrogen) atoms. The quantitative estimate of drug-likeness (QED) is 0.906. The Hall–Kier alpha value is -1.91. The maximum atomic E-state index is 12.2. The van der Waals surface area contributed by atoms with E-state index in [-0.39, 0.29) is 5.91 Å². The fourth-order valence-electron chi connectivity index (χ4n) is 2.52. The molecule has 5 nitrogen and oxygen atoms in total. The molecule has 5 heteroatoms. The molecule has 0 saturated carbocycles. The minimum Gasteiger partial charge on any atom is -0.497 e. The predicted octanol–water partition coefficient (Wildman–Crippen LogP) is 2.52. The molecule has 1 N–H and O–H groups in total. The van der Waals surface area contributed by atoms with Gasteiger partial charge in [-0.1, -0.05) is 12.8 Å². The molecule has 0 aliphatic carbocycles. The number of carbonyl (C=O) groups excluding carboxylic acids is 1. The van der Waals surface area contributed by atoms with E-state index in [1.54, 1.807) is 14.2 Å². The second kappa shape index (κ2) is 7.76. The van der Waals surface area contributed by atoms with E-state index in [1.165, 1.54) is 12.8 Å². The van der Waals surface area contributed by atoms with Gasteiger partial charge in [0, 0.05) is 37.0 Å². The van der Waals surface area contributed by atoms with E-state index in [2.05, 4.69) is 5.32 Å². The molecule has 0 aromatic heterocycles. The lowest BCUT2D eigenvalue weighted by atomic mass is 10.2. The molecule has 1 fully saturated rings. The summed E-state index contributed by atoms with van der Waals surface area (Å²) in [5.74, 6) is 1.57. The minimum atomic E-state index is 0.152. The Bertz CT molecular complexity index is 446. The monoisotopic (exact) mass is 292 g/mol. The summed E-state index contributed by atoms with van der Waals surface area (Å²) >= 11 is 0. The number of hydrogen-bond acceptors (Lipinski definition) is 4. The van der Waals surface area contributed by atoms with E-state index in [0.717, 1.165) is 31.6 Å². The topological polar surface area (TPSA) is 50.8 Å². The third-order valence-electron chi connectivity index (χ3n) is 3.75. The summed E-state index contributed by atoms with van der Waals surface area (Å²) in [6.07, 6.45) is 4.67. The minimum absolute atomic E-state index is 0.152. The first kappa shape index (κ1) is 15.5. The lowest BCUT2D eigenvalue weighted by Crippen LogP contribution is -2.36. The van der Waals surface area contributed by atoms with Crippen LogP contribution >= 0.6 is 0 Å². The number of hydrogen-bond donors (Lipinski definition) is 1. The molecule has 0 radical (unpaired) electrons. The van der Waals surface area contributed by atoms with Gasteiger partial charge in [-0.05, 0) is 12.8 Å². The van der Waals surface area contributed by atoms with Gasteiger partial charge >= 0.3 is 0 Å². The maximum absolute atomic E-state index is 12.2. The lowest BCUT2D eigenvalue weighted by molar-refractivity contribution is -0.129. The normalized spacial score (nSPS) is 15.2. The molecule has 116 valence electrons. The highest BCUT2D eigenvalue weighted by atomic mass is 16.5. The third-order valence-corrected chi connectivity index (χ3v) is 3.75. The highest BCUT2D eigenvalue weighted by molar-refractivity contribution is 5.81. The number of anilines is 1. The first-order valence-electron chi connectivity index (χ1n) is 7.47. The van der Waals surface area contributed by atoms with Crippen LogP contribution in [0.25, 0.3) is 0 Å². The number of rotatable bonds is 5. The summed E-state index contributed by atoms with van der Waals surface area (Å²) in [4.78, 5) is 14.2. The number of carbonyl (C=O) groups is 1. The summed E-state index contributed by atoms with van der Waals surface area (Å²) in [5.41, 5.74) is 0.828. The van der Waals surface area contributed by atoms with Crippen molar-refractivity contribution in [3.05, 3.63) is 18.2 Å². The zero-order valence-electron chi connectivity index (χ0n) is 12.9. The van der Waals surface area contributed by atoms with Gasteiger partial charge < -0.3 is 19.7 Å². The molecule has 0 bridgehead atoms. The third kappa shape index (κ3) is 4.55. The summed E-state index contributed by atoms with van der Waals surface area (Å²) < 4.78 is 10.4. The number of ether oxygens (including phenoxy) is 2. The van der Waals surface area contributed by atoms with Crippen LogP contribution in [-0.4, -0.2) is 44.7 Å². The van der Waals surface area contributed by atoms with Crippen LogP contribution in [0.4, 0.5) is 5.69 Å². The molecule has 1 heterocycles. The molecule has 0 spiro atoms. The summed E-state index contributed by atoms with van der Waals surface area (Å²) in [6.45, 7) is 2.06. The predicted molar refractivity (Wildman–Crippen MR) is 83.1 cm³/mol. The average molecular weight is 292 g/mol. The van der Waals surface area contributed by atoms with Crippen LogP contribution in [-0.2, 0) is 4.79 Å². The van der Waals surface area contributed by atoms with Crippen molar-refractivity contribution >= 4 is 11.6 Å². The van der Waals surface area contributed by atoms with Crippen LogP contribution in [0, 0.1) is 0 Å². The van der Waals surface area contributed by atoms with Gasteiger partial charge in [0.25, 0.3) is 0 Å². The van der Waals surface area contributed by atoms with Crippen molar-refractivity contribution in [3.8, 4) is 11.5 Å². The standard InChI is InChI=1S/C16H24N2O3/c1-20-14-9-13(10-15(11-14)21-2)17-12-16(19)18-7-5-3-4-6-8-18/h9-11,17H,3-8,12H2,1-2H3. The number of likely N-dealkylation sites (tertiary alicyclic amines) is 1. The van der Waals surface area contributed by atoms with Crippen LogP contribution < -0.4 is 14.8 Å². The highest BCUT2D eigenvalue weighted by Crippen LogP contribution is 2.25. The van der Waals surface area contributed by atoms with Crippen molar-refractivity contribution in [1.29, 1.82) is 0 Å². The lowest BCUT2D eigenvalue weighted by Gasteiger charge is -2.21. The zero-order valence-corrected chi connectivity index (χ0v) is 12.9. The van der Waals surface area contributed by atoms with Crippen molar-refractivity contribution in [3.63, 3.8) is 0 Å². The van der Waals surface area contributed by atoms with Crippen molar-refractivity contribution in [2.75, 3.05) is 39.2 Å². The van der Waals surface area contributed by atoms with Crippen molar-refractivity contribution in [2.45, 2.75) is 25.7 Å². The van der Waals surface area contributed by atoms with Gasteiger partial charge in [-0.15, -0.1) is 0 Å². The van der Waals surface area contributed by atoms with Crippen molar-refractivity contribution < 1.29 is 14.3 Å². The van der Waals surface area contributed by atoms with Gasteiger partial charge in [0.15, 0.2) is 0 Å². The van der Waals surface area contributed by atoms with Crippen molar-refractivity contribution in [2.24, 2.45) is 0 Å². The number of benzene rings is 1. The van der Waals surface area contributed by atoms with E-state index in [9.17, 15) is 4.79 Å². The molecular formula is C16H24N2O3. The molecule has 1 amide bonds. The number of nitrogens with one attached hydrogen (secondary N) is 1. The largest absolute Gasteiger partial charge is 0.497 e. The van der Waals surface area contributed by atoms with Gasteiger partial charge in [-0.25, -0.2) is 0 Å².